The summed E-state index contributed by atoms with van der Waals surface area (Å²) < 4.78 is 35.7. The first-order valence-electron chi connectivity index (χ1n) is 6.60. The number of esters is 1. The standard InChI is InChI=1S/C14H19NO7S/c1-9(13(16)17)8-15(2)23(19,20)12-6-5-10(14(18)22-4)7-11(12)21-3/h5-7,9H,8H2,1-4H3,(H,16,17). The Morgan fingerprint density at radius 2 is 1.91 bits per heavy atom. The molecule has 0 amide bonds. The van der Waals surface area contributed by atoms with Gasteiger partial charge in [-0.2, -0.15) is 4.31 Å². The van der Waals surface area contributed by atoms with E-state index in [2.05, 4.69) is 4.74 Å². The van der Waals surface area contributed by atoms with Gasteiger partial charge in [0, 0.05) is 13.6 Å². The molecular weight excluding hydrogens is 326 g/mol. The van der Waals surface area contributed by atoms with E-state index in [1.807, 2.05) is 0 Å². The maximum absolute atomic E-state index is 12.6. The largest absolute Gasteiger partial charge is 0.495 e. The van der Waals surface area contributed by atoms with Crippen LogP contribution in [0.4, 0.5) is 0 Å². The van der Waals surface area contributed by atoms with Crippen LogP contribution in [0.1, 0.15) is 17.3 Å². The lowest BCUT2D eigenvalue weighted by atomic mass is 10.2. The Morgan fingerprint density at radius 3 is 2.39 bits per heavy atom. The molecule has 9 heteroatoms. The summed E-state index contributed by atoms with van der Waals surface area (Å²) in [6, 6.07) is 3.78. The molecule has 0 saturated carbocycles. The minimum absolute atomic E-state index is 0.0253. The van der Waals surface area contributed by atoms with Gasteiger partial charge in [-0.3, -0.25) is 4.79 Å². The number of methoxy groups -OCH3 is 2. The molecule has 1 unspecified atom stereocenters. The number of ether oxygens (including phenoxy) is 2. The van der Waals surface area contributed by atoms with Crippen LogP contribution in [-0.2, 0) is 19.6 Å². The number of benzene rings is 1. The molecule has 1 N–H and O–H groups in total. The second kappa shape index (κ2) is 7.42. The lowest BCUT2D eigenvalue weighted by Crippen LogP contribution is -2.34. The van der Waals surface area contributed by atoms with Crippen LogP contribution in [0.25, 0.3) is 0 Å². The van der Waals surface area contributed by atoms with Crippen molar-refractivity contribution in [2.75, 3.05) is 27.8 Å². The lowest BCUT2D eigenvalue weighted by molar-refractivity contribution is -0.141. The molecule has 0 heterocycles. The van der Waals surface area contributed by atoms with Gasteiger partial charge in [0.1, 0.15) is 10.6 Å². The van der Waals surface area contributed by atoms with E-state index < -0.39 is 27.9 Å². The van der Waals surface area contributed by atoms with Crippen molar-refractivity contribution >= 4 is 22.0 Å². The van der Waals surface area contributed by atoms with Crippen LogP contribution < -0.4 is 4.74 Å². The fraction of sp³-hybridized carbons (Fsp3) is 0.429. The van der Waals surface area contributed by atoms with Gasteiger partial charge in [-0.1, -0.05) is 6.92 Å². The number of rotatable bonds is 7. The lowest BCUT2D eigenvalue weighted by Gasteiger charge is -2.20. The van der Waals surface area contributed by atoms with Crippen LogP contribution in [0.5, 0.6) is 5.75 Å². The number of aliphatic carboxylic acids is 1. The molecule has 23 heavy (non-hydrogen) atoms. The third kappa shape index (κ3) is 4.20. The average molecular weight is 345 g/mol. The second-order valence-electron chi connectivity index (χ2n) is 4.88. The molecule has 0 fully saturated rings. The summed E-state index contributed by atoms with van der Waals surface area (Å²) in [6.07, 6.45) is 0. The van der Waals surface area contributed by atoms with Crippen LogP contribution in [0, 0.1) is 5.92 Å². The number of hydrogen-bond donors (Lipinski definition) is 1. The fourth-order valence-electron chi connectivity index (χ4n) is 1.86. The van der Waals surface area contributed by atoms with E-state index in [0.29, 0.717) is 0 Å². The minimum atomic E-state index is -3.97. The van der Waals surface area contributed by atoms with Crippen molar-refractivity contribution in [3.05, 3.63) is 23.8 Å². The number of carbonyl (C=O) groups is 2. The Hall–Kier alpha value is -2.13. The molecule has 1 atom stereocenters. The Morgan fingerprint density at radius 1 is 1.30 bits per heavy atom. The quantitative estimate of drug-likeness (QED) is 0.729. The van der Waals surface area contributed by atoms with Gasteiger partial charge in [0.25, 0.3) is 0 Å². The molecule has 0 bridgehead atoms. The van der Waals surface area contributed by atoms with Crippen LogP contribution in [0.2, 0.25) is 0 Å². The van der Waals surface area contributed by atoms with Crippen molar-refractivity contribution in [1.82, 2.24) is 4.31 Å². The first-order chi connectivity index (χ1) is 10.6. The van der Waals surface area contributed by atoms with Gasteiger partial charge in [0.2, 0.25) is 10.0 Å². The second-order valence-corrected chi connectivity index (χ2v) is 6.90. The van der Waals surface area contributed by atoms with Crippen LogP contribution in [0.3, 0.4) is 0 Å². The van der Waals surface area contributed by atoms with Gasteiger partial charge in [0.15, 0.2) is 0 Å². The first-order valence-corrected chi connectivity index (χ1v) is 8.04. The zero-order valence-electron chi connectivity index (χ0n) is 13.3. The van der Waals surface area contributed by atoms with Crippen LogP contribution >= 0.6 is 0 Å². The van der Waals surface area contributed by atoms with E-state index in [9.17, 15) is 18.0 Å². The third-order valence-corrected chi connectivity index (χ3v) is 5.09. The van der Waals surface area contributed by atoms with Crippen molar-refractivity contribution in [1.29, 1.82) is 0 Å². The summed E-state index contributed by atoms with van der Waals surface area (Å²) in [5, 5.41) is 8.89. The molecule has 128 valence electrons. The van der Waals surface area contributed by atoms with E-state index in [0.717, 1.165) is 4.31 Å². The number of nitrogens with zero attached hydrogens (tertiary/aromatic N) is 1. The van der Waals surface area contributed by atoms with Crippen molar-refractivity contribution in [2.24, 2.45) is 5.92 Å². The Bertz CT molecular complexity index is 699. The van der Waals surface area contributed by atoms with Crippen molar-refractivity contribution in [3.8, 4) is 5.75 Å². The molecule has 0 aliphatic carbocycles. The highest BCUT2D eigenvalue weighted by Gasteiger charge is 2.28. The summed E-state index contributed by atoms with van der Waals surface area (Å²) in [5.74, 6) is -2.61. The number of sulfonamides is 1. The maximum atomic E-state index is 12.6. The molecule has 0 aromatic heterocycles. The van der Waals surface area contributed by atoms with E-state index in [-0.39, 0.29) is 22.8 Å². The molecule has 1 rings (SSSR count). The number of carbonyl (C=O) groups excluding carboxylic acids is 1. The summed E-state index contributed by atoms with van der Waals surface area (Å²) in [6.45, 7) is 1.21. The molecule has 8 nitrogen and oxygen atoms in total. The molecular formula is C14H19NO7S. The zero-order valence-corrected chi connectivity index (χ0v) is 14.1. The van der Waals surface area contributed by atoms with Crippen molar-refractivity contribution in [3.63, 3.8) is 0 Å². The van der Waals surface area contributed by atoms with Gasteiger partial charge >= 0.3 is 11.9 Å². The van der Waals surface area contributed by atoms with Gasteiger partial charge in [-0.15, -0.1) is 0 Å². The molecule has 1 aromatic rings. The highest BCUT2D eigenvalue weighted by Crippen LogP contribution is 2.28. The Kier molecular flexibility index (Phi) is 6.11. The fourth-order valence-corrected chi connectivity index (χ4v) is 3.25. The highest BCUT2D eigenvalue weighted by molar-refractivity contribution is 7.89. The maximum Gasteiger partial charge on any atom is 0.337 e. The van der Waals surface area contributed by atoms with Gasteiger partial charge in [-0.25, -0.2) is 13.2 Å². The molecule has 0 radical (unpaired) electrons. The van der Waals surface area contributed by atoms with E-state index in [4.69, 9.17) is 9.84 Å². The van der Waals surface area contributed by atoms with Gasteiger partial charge < -0.3 is 14.6 Å². The normalized spacial score (nSPS) is 12.7. The summed E-state index contributed by atoms with van der Waals surface area (Å²) in [4.78, 5) is 22.2. The topological polar surface area (TPSA) is 110 Å². The predicted octanol–water partition coefficient (Wildman–Crippen LogP) is 0.823. The van der Waals surface area contributed by atoms with Crippen molar-refractivity contribution in [2.45, 2.75) is 11.8 Å². The smallest absolute Gasteiger partial charge is 0.337 e. The summed E-state index contributed by atoms with van der Waals surface area (Å²) in [5.41, 5.74) is 0.143. The monoisotopic (exact) mass is 345 g/mol. The molecule has 0 aliphatic heterocycles. The molecule has 0 saturated heterocycles. The molecule has 1 aromatic carbocycles. The third-order valence-electron chi connectivity index (χ3n) is 3.23. The summed E-state index contributed by atoms with van der Waals surface area (Å²) >= 11 is 0. The Labute approximate surface area is 134 Å². The number of carboxylic acid groups (broad SMARTS) is 1. The SMILES string of the molecule is COC(=O)c1ccc(S(=O)(=O)N(C)CC(C)C(=O)O)c(OC)c1. The van der Waals surface area contributed by atoms with Gasteiger partial charge in [-0.05, 0) is 18.2 Å². The highest BCUT2D eigenvalue weighted by atomic mass is 32.2. The predicted molar refractivity (Wildman–Crippen MR) is 80.9 cm³/mol. The average Bonchev–Trinajstić information content (AvgIpc) is 2.52. The van der Waals surface area contributed by atoms with Crippen molar-refractivity contribution < 1.29 is 32.6 Å². The first kappa shape index (κ1) is 18.9. The zero-order chi connectivity index (χ0) is 17.8. The molecule has 0 aliphatic rings. The number of carboxylic acids is 1. The van der Waals surface area contributed by atoms with E-state index in [1.54, 1.807) is 0 Å². The van der Waals surface area contributed by atoms with Crippen LogP contribution in [-0.4, -0.2) is 57.6 Å². The van der Waals surface area contributed by atoms with Crippen LogP contribution in [0.15, 0.2) is 23.1 Å². The van der Waals surface area contributed by atoms with E-state index in [1.165, 1.54) is 46.4 Å². The summed E-state index contributed by atoms with van der Waals surface area (Å²) in [7, 11) is -0.204. The Balaban J connectivity index is 3.22. The number of hydrogen-bond acceptors (Lipinski definition) is 6. The van der Waals surface area contributed by atoms with E-state index >= 15 is 0 Å². The van der Waals surface area contributed by atoms with Gasteiger partial charge in [0.05, 0.1) is 25.7 Å². The minimum Gasteiger partial charge on any atom is -0.495 e. The molecule has 0 spiro atoms.